The third-order valence-electron chi connectivity index (χ3n) is 3.77. The van der Waals surface area contributed by atoms with Crippen LogP contribution in [0.15, 0.2) is 30.5 Å². The smallest absolute Gasteiger partial charge is 0.149 e. The molecule has 0 atom stereocenters. The average molecular weight is 292 g/mol. The lowest BCUT2D eigenvalue weighted by molar-refractivity contribution is 0.596. The van der Waals surface area contributed by atoms with E-state index in [1.54, 1.807) is 0 Å². The van der Waals surface area contributed by atoms with E-state index in [0.29, 0.717) is 12.6 Å². The van der Waals surface area contributed by atoms with Gasteiger partial charge in [0.2, 0.25) is 0 Å². The highest BCUT2D eigenvalue weighted by Gasteiger charge is 2.20. The van der Waals surface area contributed by atoms with Gasteiger partial charge in [0.25, 0.3) is 0 Å². The lowest BCUT2D eigenvalue weighted by atomic mass is 10.1. The molecule has 3 rings (SSSR count). The van der Waals surface area contributed by atoms with Crippen LogP contribution in [0, 0.1) is 0 Å². The summed E-state index contributed by atoms with van der Waals surface area (Å²) in [7, 11) is -2.93. The van der Waals surface area contributed by atoms with E-state index in [9.17, 15) is 8.42 Å². The number of hydrogen-bond acceptors (Lipinski definition) is 3. The average Bonchev–Trinajstić information content (AvgIpc) is 3.12. The second-order valence-electron chi connectivity index (χ2n) is 5.64. The van der Waals surface area contributed by atoms with E-state index in [0.717, 1.165) is 12.1 Å². The van der Waals surface area contributed by atoms with Crippen molar-refractivity contribution in [3.05, 3.63) is 36.0 Å². The Morgan fingerprint density at radius 2 is 2.10 bits per heavy atom. The molecule has 1 heterocycles. The van der Waals surface area contributed by atoms with Crippen molar-refractivity contribution in [2.24, 2.45) is 0 Å². The van der Waals surface area contributed by atoms with Gasteiger partial charge in [-0.15, -0.1) is 0 Å². The lowest BCUT2D eigenvalue weighted by Gasteiger charge is -2.07. The molecule has 5 heteroatoms. The zero-order chi connectivity index (χ0) is 14.2. The first-order valence-electron chi connectivity index (χ1n) is 7.01. The number of benzene rings is 1. The largest absolute Gasteiger partial charge is 0.346 e. The maximum Gasteiger partial charge on any atom is 0.149 e. The Bertz CT molecular complexity index is 715. The molecule has 1 aliphatic rings. The number of aryl methyl sites for hydroxylation is 1. The van der Waals surface area contributed by atoms with Crippen LogP contribution in [0.1, 0.15) is 18.4 Å². The molecule has 1 fully saturated rings. The van der Waals surface area contributed by atoms with Gasteiger partial charge in [-0.1, -0.05) is 12.1 Å². The number of nitrogens with zero attached hydrogens (tertiary/aromatic N) is 1. The van der Waals surface area contributed by atoms with Crippen molar-refractivity contribution in [3.63, 3.8) is 0 Å². The zero-order valence-electron chi connectivity index (χ0n) is 11.7. The first-order valence-corrected chi connectivity index (χ1v) is 9.07. The minimum absolute atomic E-state index is 0.182. The van der Waals surface area contributed by atoms with E-state index >= 15 is 0 Å². The molecule has 1 aliphatic carbocycles. The molecule has 0 unspecified atom stereocenters. The summed E-state index contributed by atoms with van der Waals surface area (Å²) in [4.78, 5) is 0. The summed E-state index contributed by atoms with van der Waals surface area (Å²) >= 11 is 0. The number of fused-ring (bicyclic) bond motifs is 1. The van der Waals surface area contributed by atoms with Gasteiger partial charge in [-0.25, -0.2) is 8.42 Å². The van der Waals surface area contributed by atoms with Gasteiger partial charge in [0, 0.05) is 42.5 Å². The lowest BCUT2D eigenvalue weighted by Crippen LogP contribution is -2.15. The van der Waals surface area contributed by atoms with Crippen molar-refractivity contribution >= 4 is 20.7 Å². The Kier molecular flexibility index (Phi) is 3.56. The zero-order valence-corrected chi connectivity index (χ0v) is 12.5. The Morgan fingerprint density at radius 1 is 1.30 bits per heavy atom. The van der Waals surface area contributed by atoms with Crippen LogP contribution in [0.3, 0.4) is 0 Å². The standard InChI is InChI=1S/C15H20N2O2S/c1-20(18,19)10-9-17-8-7-14-12(3-2-4-15(14)17)11-16-13-5-6-13/h2-4,7-8,13,16H,5-6,9-11H2,1H3. The Balaban J connectivity index is 1.82. The van der Waals surface area contributed by atoms with Crippen LogP contribution >= 0.6 is 0 Å². The predicted molar refractivity (Wildman–Crippen MR) is 81.5 cm³/mol. The van der Waals surface area contributed by atoms with E-state index in [4.69, 9.17) is 0 Å². The first kappa shape index (κ1) is 13.6. The molecule has 108 valence electrons. The topological polar surface area (TPSA) is 51.1 Å². The number of hydrogen-bond donors (Lipinski definition) is 1. The summed E-state index contributed by atoms with van der Waals surface area (Å²) in [6.45, 7) is 1.40. The minimum Gasteiger partial charge on any atom is -0.346 e. The van der Waals surface area contributed by atoms with Gasteiger partial charge >= 0.3 is 0 Å². The van der Waals surface area contributed by atoms with Gasteiger partial charge in [-0.05, 0) is 30.5 Å². The Morgan fingerprint density at radius 3 is 2.80 bits per heavy atom. The van der Waals surface area contributed by atoms with Crippen LogP contribution in [0.25, 0.3) is 10.9 Å². The highest BCUT2D eigenvalue weighted by atomic mass is 32.2. The molecule has 20 heavy (non-hydrogen) atoms. The Hall–Kier alpha value is -1.33. The predicted octanol–water partition coefficient (Wildman–Crippen LogP) is 1.94. The van der Waals surface area contributed by atoms with Gasteiger partial charge in [-0.3, -0.25) is 0 Å². The molecule has 1 N–H and O–H groups in total. The summed E-state index contributed by atoms with van der Waals surface area (Å²) in [5, 5.41) is 4.74. The van der Waals surface area contributed by atoms with Crippen molar-refractivity contribution in [2.45, 2.75) is 32.0 Å². The van der Waals surface area contributed by atoms with Crippen LogP contribution < -0.4 is 5.32 Å². The van der Waals surface area contributed by atoms with Crippen molar-refractivity contribution in [2.75, 3.05) is 12.0 Å². The van der Waals surface area contributed by atoms with E-state index in [-0.39, 0.29) is 5.75 Å². The molecule has 0 saturated heterocycles. The minimum atomic E-state index is -2.93. The summed E-state index contributed by atoms with van der Waals surface area (Å²) in [6.07, 6.45) is 5.83. The van der Waals surface area contributed by atoms with Gasteiger partial charge in [0.05, 0.1) is 5.75 Å². The van der Waals surface area contributed by atoms with Gasteiger partial charge < -0.3 is 9.88 Å². The molecule has 2 aromatic rings. The second-order valence-corrected chi connectivity index (χ2v) is 7.90. The molecule has 1 aromatic heterocycles. The third-order valence-corrected chi connectivity index (χ3v) is 4.69. The van der Waals surface area contributed by atoms with Crippen LogP contribution in [0.5, 0.6) is 0 Å². The molecule has 0 aliphatic heterocycles. The molecular weight excluding hydrogens is 272 g/mol. The molecule has 0 spiro atoms. The molecule has 0 bridgehead atoms. The van der Waals surface area contributed by atoms with E-state index in [2.05, 4.69) is 23.5 Å². The van der Waals surface area contributed by atoms with Crippen molar-refractivity contribution < 1.29 is 8.42 Å². The van der Waals surface area contributed by atoms with Gasteiger partial charge in [-0.2, -0.15) is 0 Å². The van der Waals surface area contributed by atoms with Crippen molar-refractivity contribution in [1.82, 2.24) is 9.88 Å². The molecular formula is C15H20N2O2S. The fourth-order valence-corrected chi connectivity index (χ4v) is 2.97. The molecule has 0 amide bonds. The quantitative estimate of drug-likeness (QED) is 0.885. The fraction of sp³-hybridized carbons (Fsp3) is 0.467. The van der Waals surface area contributed by atoms with Gasteiger partial charge in [0.15, 0.2) is 0 Å². The summed E-state index contributed by atoms with van der Waals surface area (Å²) in [5.74, 6) is 0.182. The van der Waals surface area contributed by atoms with Gasteiger partial charge in [0.1, 0.15) is 9.84 Å². The van der Waals surface area contributed by atoms with Crippen LogP contribution in [0.2, 0.25) is 0 Å². The molecule has 0 radical (unpaired) electrons. The molecule has 1 saturated carbocycles. The molecule has 1 aromatic carbocycles. The monoisotopic (exact) mass is 292 g/mol. The second kappa shape index (κ2) is 5.22. The summed E-state index contributed by atoms with van der Waals surface area (Å²) in [5.41, 5.74) is 2.40. The highest BCUT2D eigenvalue weighted by Crippen LogP contribution is 2.23. The maximum atomic E-state index is 11.3. The number of sulfone groups is 1. The normalized spacial score (nSPS) is 15.8. The van der Waals surface area contributed by atoms with E-state index < -0.39 is 9.84 Å². The number of rotatable bonds is 6. The van der Waals surface area contributed by atoms with Crippen molar-refractivity contribution in [3.8, 4) is 0 Å². The summed E-state index contributed by atoms with van der Waals surface area (Å²) < 4.78 is 24.6. The van der Waals surface area contributed by atoms with Crippen molar-refractivity contribution in [1.29, 1.82) is 0 Å². The van der Waals surface area contributed by atoms with E-state index in [1.165, 1.54) is 30.0 Å². The Labute approximate surface area is 119 Å². The molecule has 4 nitrogen and oxygen atoms in total. The number of aromatic nitrogens is 1. The fourth-order valence-electron chi connectivity index (χ4n) is 2.44. The SMILES string of the molecule is CS(=O)(=O)CCn1ccc2c(CNC3CC3)cccc21. The summed E-state index contributed by atoms with van der Waals surface area (Å²) in [6, 6.07) is 9.01. The third kappa shape index (κ3) is 3.22. The number of nitrogens with one attached hydrogen (secondary N) is 1. The maximum absolute atomic E-state index is 11.3. The van der Waals surface area contributed by atoms with Crippen LogP contribution in [-0.4, -0.2) is 31.0 Å². The van der Waals surface area contributed by atoms with Crippen LogP contribution in [-0.2, 0) is 22.9 Å². The first-order chi connectivity index (χ1) is 9.53. The van der Waals surface area contributed by atoms with E-state index in [1.807, 2.05) is 16.8 Å². The van der Waals surface area contributed by atoms with Crippen LogP contribution in [0.4, 0.5) is 0 Å². The highest BCUT2D eigenvalue weighted by molar-refractivity contribution is 7.90.